The van der Waals surface area contributed by atoms with E-state index in [1.54, 1.807) is 29.2 Å². The highest BCUT2D eigenvalue weighted by Gasteiger charge is 2.04. The van der Waals surface area contributed by atoms with E-state index in [2.05, 4.69) is 20.3 Å². The Morgan fingerprint density at radius 3 is 2.73 bits per heavy atom. The van der Waals surface area contributed by atoms with Crippen LogP contribution < -0.4 is 5.32 Å². The molecule has 0 unspecified atom stereocenters. The Bertz CT molecular complexity index is 903. The third-order valence-corrected chi connectivity index (χ3v) is 4.23. The second-order valence-electron chi connectivity index (χ2n) is 5.49. The quantitative estimate of drug-likeness (QED) is 0.469. The molecule has 0 fully saturated rings. The number of aromatic nitrogens is 4. The molecule has 0 saturated carbocycles. The van der Waals surface area contributed by atoms with Crippen LogP contribution in [0.15, 0.2) is 55.0 Å². The maximum Gasteiger partial charge on any atom is 0.226 e. The molecule has 0 spiro atoms. The van der Waals surface area contributed by atoms with Crippen molar-refractivity contribution in [3.8, 4) is 0 Å². The molecule has 2 heterocycles. The maximum absolute atomic E-state index is 6.12. The van der Waals surface area contributed by atoms with Crippen molar-refractivity contribution in [3.63, 3.8) is 0 Å². The van der Waals surface area contributed by atoms with Crippen LogP contribution in [-0.4, -0.2) is 32.7 Å². The summed E-state index contributed by atoms with van der Waals surface area (Å²) in [7, 11) is 0. The fraction of sp³-hybridized carbons (Fsp3) is 0.222. The molecule has 0 saturated heterocycles. The van der Waals surface area contributed by atoms with Gasteiger partial charge in [0.2, 0.25) is 10.7 Å². The van der Waals surface area contributed by atoms with Crippen LogP contribution in [0.25, 0.3) is 0 Å². The van der Waals surface area contributed by atoms with Crippen LogP contribution in [-0.2, 0) is 17.9 Å². The number of benzene rings is 1. The molecule has 3 rings (SSSR count). The van der Waals surface area contributed by atoms with E-state index in [1.165, 1.54) is 0 Å². The van der Waals surface area contributed by atoms with Gasteiger partial charge in [0.1, 0.15) is 6.33 Å². The van der Waals surface area contributed by atoms with Crippen molar-refractivity contribution in [2.24, 2.45) is 0 Å². The van der Waals surface area contributed by atoms with Crippen molar-refractivity contribution in [3.05, 3.63) is 76.0 Å². The molecule has 2 aromatic heterocycles. The number of hydrogen-bond acceptors (Lipinski definition) is 6. The minimum Gasteiger partial charge on any atom is -0.375 e. The standard InChI is InChI=1S/C18H18ClN5OS/c19-15-7-4-8-20-16(15)11-24-13-22-17(23-18(24)26)21-9-10-25-12-14-5-2-1-3-6-14/h1-8,13H,9-12H2,(H,21,23,26). The molecule has 134 valence electrons. The lowest BCUT2D eigenvalue weighted by molar-refractivity contribution is 0.130. The number of rotatable bonds is 8. The van der Waals surface area contributed by atoms with Gasteiger partial charge in [-0.1, -0.05) is 41.9 Å². The molecule has 8 heteroatoms. The number of ether oxygens (including phenoxy) is 1. The third kappa shape index (κ3) is 5.32. The fourth-order valence-corrected chi connectivity index (χ4v) is 2.63. The van der Waals surface area contributed by atoms with E-state index < -0.39 is 0 Å². The predicted octanol–water partition coefficient (Wildman–Crippen LogP) is 3.73. The second-order valence-corrected chi connectivity index (χ2v) is 6.26. The first-order valence-electron chi connectivity index (χ1n) is 8.11. The van der Waals surface area contributed by atoms with Crippen LogP contribution in [0, 0.1) is 4.77 Å². The zero-order chi connectivity index (χ0) is 18.2. The average molecular weight is 388 g/mol. The Morgan fingerprint density at radius 1 is 1.12 bits per heavy atom. The maximum atomic E-state index is 6.12. The summed E-state index contributed by atoms with van der Waals surface area (Å²) in [5.74, 6) is 0.474. The number of anilines is 1. The highest BCUT2D eigenvalue weighted by Crippen LogP contribution is 2.13. The molecule has 3 aromatic rings. The topological polar surface area (TPSA) is 64.9 Å². The van der Waals surface area contributed by atoms with E-state index >= 15 is 0 Å². The number of hydrogen-bond donors (Lipinski definition) is 1. The lowest BCUT2D eigenvalue weighted by Crippen LogP contribution is -2.14. The van der Waals surface area contributed by atoms with Crippen molar-refractivity contribution in [1.29, 1.82) is 0 Å². The summed E-state index contributed by atoms with van der Waals surface area (Å²) in [4.78, 5) is 12.8. The molecular formula is C18H18ClN5OS. The van der Waals surface area contributed by atoms with Crippen LogP contribution in [0.1, 0.15) is 11.3 Å². The van der Waals surface area contributed by atoms with Gasteiger partial charge in [0.25, 0.3) is 0 Å². The van der Waals surface area contributed by atoms with E-state index in [-0.39, 0.29) is 0 Å². The minimum atomic E-state index is 0.412. The molecular weight excluding hydrogens is 370 g/mol. The van der Waals surface area contributed by atoms with Crippen LogP contribution in [0.3, 0.4) is 0 Å². The minimum absolute atomic E-state index is 0.412. The summed E-state index contributed by atoms with van der Waals surface area (Å²) in [6.45, 7) is 2.15. The molecule has 0 aliphatic carbocycles. The van der Waals surface area contributed by atoms with Gasteiger partial charge < -0.3 is 14.6 Å². The monoisotopic (exact) mass is 387 g/mol. The largest absolute Gasteiger partial charge is 0.375 e. The van der Waals surface area contributed by atoms with Gasteiger partial charge in [-0.15, -0.1) is 0 Å². The first-order valence-corrected chi connectivity index (χ1v) is 8.89. The van der Waals surface area contributed by atoms with Gasteiger partial charge in [0, 0.05) is 12.7 Å². The van der Waals surface area contributed by atoms with Gasteiger partial charge >= 0.3 is 0 Å². The van der Waals surface area contributed by atoms with Crippen molar-refractivity contribution < 1.29 is 4.74 Å². The SMILES string of the molecule is S=c1nc(NCCOCc2ccccc2)ncn1Cc1ncccc1Cl. The van der Waals surface area contributed by atoms with Crippen molar-refractivity contribution in [2.45, 2.75) is 13.2 Å². The van der Waals surface area contributed by atoms with Crippen LogP contribution in [0.5, 0.6) is 0 Å². The molecule has 1 N–H and O–H groups in total. The molecule has 6 nitrogen and oxygen atoms in total. The van der Waals surface area contributed by atoms with Crippen molar-refractivity contribution >= 4 is 29.8 Å². The smallest absolute Gasteiger partial charge is 0.226 e. The Hall–Kier alpha value is -2.35. The molecule has 26 heavy (non-hydrogen) atoms. The van der Waals surface area contributed by atoms with Gasteiger partial charge in [-0.25, -0.2) is 4.98 Å². The molecule has 0 aliphatic rings. The van der Waals surface area contributed by atoms with Crippen molar-refractivity contribution in [2.75, 3.05) is 18.5 Å². The van der Waals surface area contributed by atoms with Crippen LogP contribution in [0.4, 0.5) is 5.95 Å². The number of halogens is 1. The molecule has 1 aromatic carbocycles. The zero-order valence-corrected chi connectivity index (χ0v) is 15.6. The zero-order valence-electron chi connectivity index (χ0n) is 14.0. The fourth-order valence-electron chi connectivity index (χ4n) is 2.25. The van der Waals surface area contributed by atoms with Gasteiger partial charge in [0.15, 0.2) is 0 Å². The van der Waals surface area contributed by atoms with E-state index in [0.29, 0.717) is 42.0 Å². The van der Waals surface area contributed by atoms with Crippen LogP contribution >= 0.6 is 23.8 Å². The Balaban J connectivity index is 1.48. The molecule has 0 radical (unpaired) electrons. The first kappa shape index (κ1) is 18.4. The van der Waals surface area contributed by atoms with Crippen LogP contribution in [0.2, 0.25) is 5.02 Å². The highest BCUT2D eigenvalue weighted by atomic mass is 35.5. The summed E-state index contributed by atoms with van der Waals surface area (Å²) in [5, 5.41) is 3.70. The summed E-state index contributed by atoms with van der Waals surface area (Å²) >= 11 is 11.4. The van der Waals surface area contributed by atoms with E-state index in [0.717, 1.165) is 11.3 Å². The predicted molar refractivity (Wildman–Crippen MR) is 104 cm³/mol. The number of nitrogens with one attached hydrogen (secondary N) is 1. The van der Waals surface area contributed by atoms with Gasteiger partial charge in [-0.05, 0) is 29.9 Å². The molecule has 0 bridgehead atoms. The highest BCUT2D eigenvalue weighted by molar-refractivity contribution is 7.71. The molecule has 0 atom stereocenters. The number of nitrogens with zero attached hydrogens (tertiary/aromatic N) is 4. The summed E-state index contributed by atoms with van der Waals surface area (Å²) in [6.07, 6.45) is 3.32. The molecule has 0 aliphatic heterocycles. The Morgan fingerprint density at radius 2 is 1.96 bits per heavy atom. The molecule has 0 amide bonds. The first-order chi connectivity index (χ1) is 12.7. The van der Waals surface area contributed by atoms with Crippen molar-refractivity contribution in [1.82, 2.24) is 19.5 Å². The Kier molecular flexibility index (Phi) is 6.65. The van der Waals surface area contributed by atoms with Gasteiger partial charge in [-0.2, -0.15) is 4.98 Å². The average Bonchev–Trinajstić information content (AvgIpc) is 2.66. The van der Waals surface area contributed by atoms with Gasteiger partial charge in [-0.3, -0.25) is 4.98 Å². The lowest BCUT2D eigenvalue weighted by Gasteiger charge is -2.09. The third-order valence-electron chi connectivity index (χ3n) is 3.56. The summed E-state index contributed by atoms with van der Waals surface area (Å²) in [5.41, 5.74) is 1.87. The lowest BCUT2D eigenvalue weighted by atomic mass is 10.2. The number of pyridine rings is 1. The Labute approximate surface area is 161 Å². The van der Waals surface area contributed by atoms with E-state index in [9.17, 15) is 0 Å². The summed E-state index contributed by atoms with van der Waals surface area (Å²) < 4.78 is 7.75. The second kappa shape index (κ2) is 9.38. The summed E-state index contributed by atoms with van der Waals surface area (Å²) in [6, 6.07) is 13.6. The normalized spacial score (nSPS) is 10.7. The van der Waals surface area contributed by atoms with E-state index in [4.69, 9.17) is 28.6 Å². The van der Waals surface area contributed by atoms with E-state index in [1.807, 2.05) is 30.3 Å². The van der Waals surface area contributed by atoms with Gasteiger partial charge in [0.05, 0.1) is 30.5 Å².